The quantitative estimate of drug-likeness (QED) is 0.420. The van der Waals surface area contributed by atoms with Gasteiger partial charge in [-0.3, -0.25) is 9.59 Å². The molecule has 0 fully saturated rings. The third-order valence-corrected chi connectivity index (χ3v) is 5.57. The number of hydrogen-bond acceptors (Lipinski definition) is 4. The average Bonchev–Trinajstić information content (AvgIpc) is 3.11. The Kier molecular flexibility index (Phi) is 6.75. The molecule has 3 aromatic rings. The molecular formula is C27H26FN3O3. The minimum atomic E-state index is -0.849. The zero-order valence-electron chi connectivity index (χ0n) is 19.1. The predicted molar refractivity (Wildman–Crippen MR) is 132 cm³/mol. The molecule has 0 bridgehead atoms. The molecule has 0 unspecified atom stereocenters. The van der Waals surface area contributed by atoms with E-state index in [-0.39, 0.29) is 12.3 Å². The molecule has 0 saturated heterocycles. The van der Waals surface area contributed by atoms with Crippen LogP contribution in [0.5, 0.6) is 0 Å². The summed E-state index contributed by atoms with van der Waals surface area (Å²) in [6, 6.07) is 19.7. The first kappa shape index (κ1) is 23.2. The van der Waals surface area contributed by atoms with Crippen LogP contribution in [0.2, 0.25) is 0 Å². The number of nitrogens with zero attached hydrogens (tertiary/aromatic N) is 1. The number of aliphatic carboxylic acids is 1. The molecule has 0 spiro atoms. The normalized spacial score (nSPS) is 14.1. The number of benzene rings is 3. The molecule has 34 heavy (non-hydrogen) atoms. The number of fused-ring (bicyclic) bond motifs is 1. The van der Waals surface area contributed by atoms with Crippen molar-refractivity contribution >= 4 is 34.5 Å². The molecular weight excluding hydrogens is 433 g/mol. The van der Waals surface area contributed by atoms with Crippen molar-refractivity contribution in [3.05, 3.63) is 94.8 Å². The van der Waals surface area contributed by atoms with Gasteiger partial charge in [0.25, 0.3) is 5.91 Å². The van der Waals surface area contributed by atoms with Crippen LogP contribution in [0.3, 0.4) is 0 Å². The highest BCUT2D eigenvalue weighted by atomic mass is 19.1. The number of aryl methyl sites for hydroxylation is 1. The minimum absolute atomic E-state index is 0.0478. The molecule has 0 aromatic heterocycles. The number of amides is 1. The molecule has 3 N–H and O–H groups in total. The Labute approximate surface area is 197 Å². The van der Waals surface area contributed by atoms with Gasteiger partial charge in [-0.25, -0.2) is 4.39 Å². The molecule has 1 aliphatic rings. The van der Waals surface area contributed by atoms with Crippen LogP contribution in [0, 0.1) is 5.82 Å². The predicted octanol–water partition coefficient (Wildman–Crippen LogP) is 4.84. The fourth-order valence-corrected chi connectivity index (χ4v) is 3.96. The first-order valence-corrected chi connectivity index (χ1v) is 11.0. The molecule has 0 atom stereocenters. The molecule has 0 saturated carbocycles. The van der Waals surface area contributed by atoms with E-state index in [1.54, 1.807) is 6.07 Å². The maximum Gasteiger partial charge on any atom is 0.303 e. The van der Waals surface area contributed by atoms with Gasteiger partial charge in [0.15, 0.2) is 0 Å². The van der Waals surface area contributed by atoms with Gasteiger partial charge in [0.05, 0.1) is 17.0 Å². The Morgan fingerprint density at radius 1 is 1.00 bits per heavy atom. The Morgan fingerprint density at radius 3 is 2.32 bits per heavy atom. The van der Waals surface area contributed by atoms with Gasteiger partial charge < -0.3 is 20.6 Å². The summed E-state index contributed by atoms with van der Waals surface area (Å²) in [6.45, 7) is 0.813. The summed E-state index contributed by atoms with van der Waals surface area (Å²) in [7, 11) is 4.02. The van der Waals surface area contributed by atoms with Gasteiger partial charge in [-0.05, 0) is 67.5 Å². The van der Waals surface area contributed by atoms with E-state index in [9.17, 15) is 14.0 Å². The van der Waals surface area contributed by atoms with Crippen molar-refractivity contribution < 1.29 is 19.1 Å². The standard InChI is InChI=1S/C27H26FN3O3/c1-31(2)16-18-5-11-21(12-6-18)29-26(19-8-3-17(4-9-19)7-14-24(32)33)25-22-13-10-20(28)15-23(22)30-27(25)34/h3-6,8-13,15,29H,7,14,16H2,1-2H3,(H,30,34)(H,32,33)/b26-25-. The van der Waals surface area contributed by atoms with Gasteiger partial charge in [0.1, 0.15) is 5.82 Å². The number of carbonyl (C=O) groups is 2. The fourth-order valence-electron chi connectivity index (χ4n) is 3.96. The van der Waals surface area contributed by atoms with Gasteiger partial charge in [-0.2, -0.15) is 0 Å². The van der Waals surface area contributed by atoms with Crippen LogP contribution in [0.15, 0.2) is 66.7 Å². The average molecular weight is 460 g/mol. The van der Waals surface area contributed by atoms with Crippen molar-refractivity contribution in [1.29, 1.82) is 0 Å². The summed E-state index contributed by atoms with van der Waals surface area (Å²) >= 11 is 0. The van der Waals surface area contributed by atoms with Crippen molar-refractivity contribution in [2.45, 2.75) is 19.4 Å². The SMILES string of the molecule is CN(C)Cc1ccc(N/C(=C2\C(=O)Nc3cc(F)ccc32)c2ccc(CCC(=O)O)cc2)cc1. The molecule has 1 amide bonds. The van der Waals surface area contributed by atoms with Crippen LogP contribution >= 0.6 is 0 Å². The highest BCUT2D eigenvalue weighted by molar-refractivity contribution is 6.37. The second kappa shape index (κ2) is 9.89. The molecule has 1 aliphatic heterocycles. The van der Waals surface area contributed by atoms with Crippen molar-refractivity contribution in [2.24, 2.45) is 0 Å². The smallest absolute Gasteiger partial charge is 0.303 e. The van der Waals surface area contributed by atoms with Crippen LogP contribution < -0.4 is 10.6 Å². The van der Waals surface area contributed by atoms with E-state index in [0.717, 1.165) is 28.9 Å². The van der Waals surface area contributed by atoms with E-state index in [1.807, 2.05) is 62.6 Å². The topological polar surface area (TPSA) is 81.7 Å². The Balaban J connectivity index is 1.74. The maximum absolute atomic E-state index is 13.8. The van der Waals surface area contributed by atoms with Gasteiger partial charge in [0.2, 0.25) is 0 Å². The van der Waals surface area contributed by atoms with E-state index in [1.165, 1.54) is 12.1 Å². The molecule has 0 radical (unpaired) electrons. The molecule has 0 aliphatic carbocycles. The number of rotatable bonds is 8. The second-order valence-corrected chi connectivity index (χ2v) is 8.54. The summed E-state index contributed by atoms with van der Waals surface area (Å²) in [6.07, 6.45) is 0.469. The monoisotopic (exact) mass is 459 g/mol. The summed E-state index contributed by atoms with van der Waals surface area (Å²) in [5.74, 6) is -1.59. The zero-order valence-corrected chi connectivity index (χ0v) is 19.1. The Bertz CT molecular complexity index is 1250. The lowest BCUT2D eigenvalue weighted by Gasteiger charge is -2.16. The molecule has 1 heterocycles. The number of carboxylic acids is 1. The van der Waals surface area contributed by atoms with Crippen LogP contribution in [0.25, 0.3) is 11.3 Å². The zero-order chi connectivity index (χ0) is 24.2. The van der Waals surface area contributed by atoms with Crippen LogP contribution in [0.1, 0.15) is 28.7 Å². The molecule has 3 aromatic carbocycles. The van der Waals surface area contributed by atoms with Gasteiger partial charge in [-0.1, -0.05) is 36.4 Å². The number of nitrogens with one attached hydrogen (secondary N) is 2. The summed E-state index contributed by atoms with van der Waals surface area (Å²) < 4.78 is 13.8. The van der Waals surface area contributed by atoms with Crippen molar-refractivity contribution in [1.82, 2.24) is 4.90 Å². The Morgan fingerprint density at radius 2 is 1.68 bits per heavy atom. The second-order valence-electron chi connectivity index (χ2n) is 8.54. The summed E-state index contributed by atoms with van der Waals surface area (Å²) in [4.78, 5) is 25.9. The number of carbonyl (C=O) groups excluding carboxylic acids is 1. The molecule has 6 nitrogen and oxygen atoms in total. The van der Waals surface area contributed by atoms with Gasteiger partial charge in [0, 0.05) is 24.2 Å². The third kappa shape index (κ3) is 5.32. The van der Waals surface area contributed by atoms with Crippen molar-refractivity contribution in [3.63, 3.8) is 0 Å². The number of anilines is 2. The number of halogens is 1. The van der Waals surface area contributed by atoms with E-state index >= 15 is 0 Å². The van der Waals surface area contributed by atoms with E-state index in [2.05, 4.69) is 15.5 Å². The summed E-state index contributed by atoms with van der Waals surface area (Å²) in [5.41, 5.74) is 5.68. The number of hydrogen-bond donors (Lipinski definition) is 3. The van der Waals surface area contributed by atoms with Crippen molar-refractivity contribution in [2.75, 3.05) is 24.7 Å². The fraction of sp³-hybridized carbons (Fsp3) is 0.185. The van der Waals surface area contributed by atoms with E-state index in [4.69, 9.17) is 5.11 Å². The highest BCUT2D eigenvalue weighted by Crippen LogP contribution is 2.38. The van der Waals surface area contributed by atoms with Gasteiger partial charge >= 0.3 is 5.97 Å². The van der Waals surface area contributed by atoms with Crippen LogP contribution in [-0.4, -0.2) is 36.0 Å². The summed E-state index contributed by atoms with van der Waals surface area (Å²) in [5, 5.41) is 15.1. The van der Waals surface area contributed by atoms with Gasteiger partial charge in [-0.15, -0.1) is 0 Å². The highest BCUT2D eigenvalue weighted by Gasteiger charge is 2.28. The first-order valence-electron chi connectivity index (χ1n) is 11.0. The molecule has 4 rings (SSSR count). The lowest BCUT2D eigenvalue weighted by Crippen LogP contribution is -2.11. The first-order chi connectivity index (χ1) is 16.3. The number of carboxylic acid groups (broad SMARTS) is 1. The lowest BCUT2D eigenvalue weighted by molar-refractivity contribution is -0.137. The minimum Gasteiger partial charge on any atom is -0.481 e. The van der Waals surface area contributed by atoms with Crippen LogP contribution in [0.4, 0.5) is 15.8 Å². The van der Waals surface area contributed by atoms with Crippen molar-refractivity contribution in [3.8, 4) is 0 Å². The molecule has 7 heteroatoms. The van der Waals surface area contributed by atoms with Crippen LogP contribution in [-0.2, 0) is 22.6 Å². The third-order valence-electron chi connectivity index (χ3n) is 5.57. The largest absolute Gasteiger partial charge is 0.481 e. The Hall–Kier alpha value is -3.97. The van der Waals surface area contributed by atoms with E-state index < -0.39 is 11.8 Å². The van der Waals surface area contributed by atoms with E-state index in [0.29, 0.717) is 28.9 Å². The maximum atomic E-state index is 13.8. The lowest BCUT2D eigenvalue weighted by atomic mass is 9.98. The molecule has 174 valence electrons.